The Bertz CT molecular complexity index is 431. The Balaban J connectivity index is 1.99. The average Bonchev–Trinajstić information content (AvgIpc) is 2.28. The van der Waals surface area contributed by atoms with Crippen LogP contribution < -0.4 is 4.72 Å². The van der Waals surface area contributed by atoms with Crippen LogP contribution in [0.1, 0.15) is 0 Å². The second-order valence-electron chi connectivity index (χ2n) is 3.07. The van der Waals surface area contributed by atoms with Crippen LogP contribution in [0.2, 0.25) is 0 Å². The first-order valence-electron chi connectivity index (χ1n) is 4.61. The molecular formula is C12H11NOS. The molecule has 0 aromatic heterocycles. The molecule has 76 valence electrons. The van der Waals surface area contributed by atoms with Crippen LogP contribution in [0, 0.1) is 0 Å². The van der Waals surface area contributed by atoms with Crippen LogP contribution >= 0.6 is 11.9 Å². The van der Waals surface area contributed by atoms with Gasteiger partial charge in [0, 0.05) is 10.6 Å². The summed E-state index contributed by atoms with van der Waals surface area (Å²) in [5.74, 6) is 0.287. The minimum absolute atomic E-state index is 0.287. The maximum Gasteiger partial charge on any atom is 0.116 e. The molecule has 0 aliphatic carbocycles. The fourth-order valence-electron chi connectivity index (χ4n) is 1.17. The lowest BCUT2D eigenvalue weighted by atomic mass is 10.3. The van der Waals surface area contributed by atoms with E-state index < -0.39 is 0 Å². The van der Waals surface area contributed by atoms with Crippen molar-refractivity contribution < 1.29 is 5.11 Å². The van der Waals surface area contributed by atoms with Gasteiger partial charge in [0.05, 0.1) is 0 Å². The molecule has 0 spiro atoms. The van der Waals surface area contributed by atoms with E-state index in [0.717, 1.165) is 10.6 Å². The van der Waals surface area contributed by atoms with Crippen molar-refractivity contribution in [2.24, 2.45) is 0 Å². The zero-order valence-corrected chi connectivity index (χ0v) is 8.87. The van der Waals surface area contributed by atoms with Crippen molar-refractivity contribution in [1.29, 1.82) is 0 Å². The SMILES string of the molecule is Oc1cccc(SNc2ccccc2)c1. The van der Waals surface area contributed by atoms with Crippen LogP contribution in [0.5, 0.6) is 5.75 Å². The summed E-state index contributed by atoms with van der Waals surface area (Å²) in [6.45, 7) is 0. The number of hydrogen-bond acceptors (Lipinski definition) is 3. The molecule has 0 saturated carbocycles. The molecule has 0 saturated heterocycles. The normalized spacial score (nSPS) is 9.87. The Morgan fingerprint density at radius 2 is 1.73 bits per heavy atom. The van der Waals surface area contributed by atoms with Crippen molar-refractivity contribution in [3.8, 4) is 5.75 Å². The number of phenols is 1. The largest absolute Gasteiger partial charge is 0.508 e. The molecule has 2 N–H and O–H groups in total. The molecule has 0 radical (unpaired) electrons. The van der Waals surface area contributed by atoms with Crippen molar-refractivity contribution >= 4 is 17.6 Å². The lowest BCUT2D eigenvalue weighted by Gasteiger charge is -2.04. The molecule has 2 nitrogen and oxygen atoms in total. The number of rotatable bonds is 3. The van der Waals surface area contributed by atoms with E-state index in [9.17, 15) is 5.11 Å². The first-order valence-corrected chi connectivity index (χ1v) is 5.43. The zero-order valence-electron chi connectivity index (χ0n) is 8.05. The molecule has 0 bridgehead atoms. The Kier molecular flexibility index (Phi) is 3.15. The highest BCUT2D eigenvalue weighted by Crippen LogP contribution is 2.23. The Morgan fingerprint density at radius 3 is 2.47 bits per heavy atom. The molecule has 2 aromatic rings. The van der Waals surface area contributed by atoms with Crippen LogP contribution in [-0.4, -0.2) is 5.11 Å². The number of aromatic hydroxyl groups is 1. The number of phenolic OH excluding ortho intramolecular Hbond substituents is 1. The summed E-state index contributed by atoms with van der Waals surface area (Å²) in [5, 5.41) is 9.27. The van der Waals surface area contributed by atoms with Crippen LogP contribution in [-0.2, 0) is 0 Å². The van der Waals surface area contributed by atoms with E-state index in [-0.39, 0.29) is 5.75 Å². The third kappa shape index (κ3) is 2.92. The van der Waals surface area contributed by atoms with Crippen molar-refractivity contribution in [1.82, 2.24) is 0 Å². The molecule has 2 aromatic carbocycles. The first-order chi connectivity index (χ1) is 7.34. The maximum atomic E-state index is 9.27. The van der Waals surface area contributed by atoms with Crippen LogP contribution in [0.4, 0.5) is 5.69 Å². The number of para-hydroxylation sites is 1. The number of benzene rings is 2. The molecule has 0 amide bonds. The van der Waals surface area contributed by atoms with Gasteiger partial charge in [-0.3, -0.25) is 0 Å². The van der Waals surface area contributed by atoms with Gasteiger partial charge >= 0.3 is 0 Å². The highest BCUT2D eigenvalue weighted by atomic mass is 32.2. The average molecular weight is 217 g/mol. The molecule has 0 unspecified atom stereocenters. The minimum Gasteiger partial charge on any atom is -0.508 e. The van der Waals surface area contributed by atoms with Gasteiger partial charge in [0.1, 0.15) is 5.75 Å². The zero-order chi connectivity index (χ0) is 10.5. The predicted octanol–water partition coefficient (Wildman–Crippen LogP) is 3.51. The van der Waals surface area contributed by atoms with Gasteiger partial charge in [0.15, 0.2) is 0 Å². The van der Waals surface area contributed by atoms with Crippen molar-refractivity contribution in [2.45, 2.75) is 4.90 Å². The molecule has 3 heteroatoms. The molecule has 0 fully saturated rings. The van der Waals surface area contributed by atoms with Gasteiger partial charge in [-0.1, -0.05) is 24.3 Å². The van der Waals surface area contributed by atoms with Gasteiger partial charge in [-0.05, 0) is 42.3 Å². The van der Waals surface area contributed by atoms with Gasteiger partial charge in [-0.2, -0.15) is 0 Å². The monoisotopic (exact) mass is 217 g/mol. The Morgan fingerprint density at radius 1 is 0.933 bits per heavy atom. The third-order valence-electron chi connectivity index (χ3n) is 1.88. The third-order valence-corrected chi connectivity index (χ3v) is 2.71. The lowest BCUT2D eigenvalue weighted by molar-refractivity contribution is 0.474. The summed E-state index contributed by atoms with van der Waals surface area (Å²) in [4.78, 5) is 0.985. The first kappa shape index (κ1) is 9.93. The molecule has 0 aliphatic rings. The summed E-state index contributed by atoms with van der Waals surface area (Å²) < 4.78 is 3.19. The minimum atomic E-state index is 0.287. The molecule has 15 heavy (non-hydrogen) atoms. The summed E-state index contributed by atoms with van der Waals surface area (Å²) in [7, 11) is 0. The molecular weight excluding hydrogens is 206 g/mol. The Labute approximate surface area is 93.1 Å². The van der Waals surface area contributed by atoms with E-state index in [4.69, 9.17) is 0 Å². The molecule has 0 heterocycles. The fraction of sp³-hybridized carbons (Fsp3) is 0. The van der Waals surface area contributed by atoms with Gasteiger partial charge in [0.2, 0.25) is 0 Å². The summed E-state index contributed by atoms with van der Waals surface area (Å²) >= 11 is 1.48. The Hall–Kier alpha value is -1.61. The highest BCUT2D eigenvalue weighted by Gasteiger charge is 1.95. The number of hydrogen-bond donors (Lipinski definition) is 2. The van der Waals surface area contributed by atoms with Crippen molar-refractivity contribution in [2.75, 3.05) is 4.72 Å². The van der Waals surface area contributed by atoms with E-state index in [1.165, 1.54) is 11.9 Å². The second kappa shape index (κ2) is 4.75. The summed E-state index contributed by atoms with van der Waals surface area (Å²) in [5.41, 5.74) is 1.05. The van der Waals surface area contributed by atoms with E-state index in [2.05, 4.69) is 4.72 Å². The standard InChI is InChI=1S/C12H11NOS/c14-11-7-4-8-12(9-11)15-13-10-5-2-1-3-6-10/h1-9,13-14H. The van der Waals surface area contributed by atoms with E-state index >= 15 is 0 Å². The van der Waals surface area contributed by atoms with Crippen LogP contribution in [0.25, 0.3) is 0 Å². The lowest BCUT2D eigenvalue weighted by Crippen LogP contribution is -1.85. The van der Waals surface area contributed by atoms with Gasteiger partial charge in [-0.25, -0.2) is 0 Å². The quantitative estimate of drug-likeness (QED) is 0.772. The topological polar surface area (TPSA) is 32.3 Å². The number of nitrogens with one attached hydrogen (secondary N) is 1. The van der Waals surface area contributed by atoms with Crippen molar-refractivity contribution in [3.05, 3.63) is 54.6 Å². The maximum absolute atomic E-state index is 9.27. The van der Waals surface area contributed by atoms with E-state index in [1.54, 1.807) is 12.1 Å². The predicted molar refractivity (Wildman–Crippen MR) is 64.0 cm³/mol. The smallest absolute Gasteiger partial charge is 0.116 e. The van der Waals surface area contributed by atoms with Gasteiger partial charge in [0.25, 0.3) is 0 Å². The van der Waals surface area contributed by atoms with E-state index in [1.807, 2.05) is 42.5 Å². The van der Waals surface area contributed by atoms with Crippen LogP contribution in [0.3, 0.4) is 0 Å². The molecule has 0 aliphatic heterocycles. The van der Waals surface area contributed by atoms with Gasteiger partial charge in [-0.15, -0.1) is 0 Å². The van der Waals surface area contributed by atoms with Gasteiger partial charge < -0.3 is 9.83 Å². The summed E-state index contributed by atoms with van der Waals surface area (Å²) in [6, 6.07) is 17.1. The second-order valence-corrected chi connectivity index (χ2v) is 3.95. The highest BCUT2D eigenvalue weighted by molar-refractivity contribution is 8.00. The summed E-state index contributed by atoms with van der Waals surface area (Å²) in [6.07, 6.45) is 0. The number of anilines is 1. The van der Waals surface area contributed by atoms with E-state index in [0.29, 0.717) is 0 Å². The fourth-order valence-corrected chi connectivity index (χ4v) is 1.87. The van der Waals surface area contributed by atoms with Crippen molar-refractivity contribution in [3.63, 3.8) is 0 Å². The van der Waals surface area contributed by atoms with Crippen LogP contribution in [0.15, 0.2) is 59.5 Å². The molecule has 2 rings (SSSR count). The molecule has 0 atom stereocenters.